The number of nitrogens with one attached hydrogen (secondary N) is 1. The number of hydrogen-bond acceptors (Lipinski definition) is 3. The Morgan fingerprint density at radius 3 is 2.68 bits per heavy atom. The lowest BCUT2D eigenvalue weighted by Crippen LogP contribution is -2.32. The molecule has 0 saturated carbocycles. The zero-order valence-corrected chi connectivity index (χ0v) is 12.4. The highest BCUT2D eigenvalue weighted by molar-refractivity contribution is 7.55. The fraction of sp³-hybridized carbons (Fsp3) is 0.571. The lowest BCUT2D eigenvalue weighted by Gasteiger charge is -2.35. The first-order valence-corrected chi connectivity index (χ1v) is 8.47. The van der Waals surface area contributed by atoms with Crippen molar-refractivity contribution in [2.24, 2.45) is 5.92 Å². The van der Waals surface area contributed by atoms with Crippen LogP contribution >= 0.6 is 7.75 Å². The summed E-state index contributed by atoms with van der Waals surface area (Å²) in [6, 6.07) is 9.39. The van der Waals surface area contributed by atoms with Gasteiger partial charge in [0.05, 0.1) is 12.7 Å². The molecule has 1 aromatic rings. The molecule has 1 aliphatic rings. The van der Waals surface area contributed by atoms with Gasteiger partial charge >= 0.3 is 7.75 Å². The minimum absolute atomic E-state index is 0.0193. The second-order valence-electron chi connectivity index (χ2n) is 4.87. The zero-order chi connectivity index (χ0) is 13.7. The predicted molar refractivity (Wildman–Crippen MR) is 77.2 cm³/mol. The van der Waals surface area contributed by atoms with E-state index in [1.54, 1.807) is 0 Å². The summed E-state index contributed by atoms with van der Waals surface area (Å²) in [4.78, 5) is 0. The molecular weight excluding hydrogens is 261 g/mol. The molecule has 2 rings (SSSR count). The average molecular weight is 283 g/mol. The van der Waals surface area contributed by atoms with Gasteiger partial charge in [0.25, 0.3) is 0 Å². The molecule has 1 heterocycles. The lowest BCUT2D eigenvalue weighted by atomic mass is 9.97. The average Bonchev–Trinajstić information content (AvgIpc) is 2.40. The molecule has 0 amide bonds. The summed E-state index contributed by atoms with van der Waals surface area (Å²) in [7, 11) is -3.22. The highest BCUT2D eigenvalue weighted by Crippen LogP contribution is 2.54. The van der Waals surface area contributed by atoms with Crippen molar-refractivity contribution in [1.82, 2.24) is 0 Å². The first-order chi connectivity index (χ1) is 9.17. The van der Waals surface area contributed by atoms with Gasteiger partial charge in [-0.05, 0) is 25.0 Å². The number of para-hydroxylation sites is 1. The van der Waals surface area contributed by atoms with Crippen LogP contribution in [0.4, 0.5) is 5.69 Å². The number of hydrogen-bond donors (Lipinski definition) is 1. The normalized spacial score (nSPS) is 31.1. The van der Waals surface area contributed by atoms with Gasteiger partial charge in [-0.2, -0.15) is 0 Å². The van der Waals surface area contributed by atoms with E-state index in [0.29, 0.717) is 12.5 Å². The van der Waals surface area contributed by atoms with Crippen LogP contribution in [0.1, 0.15) is 33.1 Å². The van der Waals surface area contributed by atoms with Crippen molar-refractivity contribution in [3.63, 3.8) is 0 Å². The van der Waals surface area contributed by atoms with Crippen LogP contribution in [-0.4, -0.2) is 12.7 Å². The summed E-state index contributed by atoms with van der Waals surface area (Å²) in [5.41, 5.74) is 0.760. The minimum atomic E-state index is -3.22. The number of benzene rings is 1. The van der Waals surface area contributed by atoms with Crippen molar-refractivity contribution in [2.45, 2.75) is 39.2 Å². The summed E-state index contributed by atoms with van der Waals surface area (Å²) in [6.07, 6.45) is 2.94. The van der Waals surface area contributed by atoms with Gasteiger partial charge in [-0.25, -0.2) is 4.57 Å². The van der Waals surface area contributed by atoms with Crippen LogP contribution in [0, 0.1) is 5.92 Å². The Kier molecular flexibility index (Phi) is 5.03. The molecule has 0 bridgehead atoms. The molecule has 0 unspecified atom stereocenters. The molecule has 5 heteroatoms. The Balaban J connectivity index is 2.06. The summed E-state index contributed by atoms with van der Waals surface area (Å²) in [5.74, 6) is 0.333. The van der Waals surface area contributed by atoms with Gasteiger partial charge < -0.3 is 0 Å². The van der Waals surface area contributed by atoms with Gasteiger partial charge in [0.15, 0.2) is 0 Å². The maximum absolute atomic E-state index is 12.6. The smallest absolute Gasteiger partial charge is 0.293 e. The molecule has 1 N–H and O–H groups in total. The van der Waals surface area contributed by atoms with E-state index in [1.165, 1.54) is 0 Å². The quantitative estimate of drug-likeness (QED) is 0.811. The lowest BCUT2D eigenvalue weighted by molar-refractivity contribution is 0.0220. The largest absolute Gasteiger partial charge is 0.433 e. The van der Waals surface area contributed by atoms with Gasteiger partial charge in [0.1, 0.15) is 0 Å². The second-order valence-corrected chi connectivity index (χ2v) is 6.56. The molecule has 0 radical (unpaired) electrons. The van der Waals surface area contributed by atoms with Crippen LogP contribution in [0.25, 0.3) is 0 Å². The van der Waals surface area contributed by atoms with Crippen molar-refractivity contribution < 1.29 is 13.6 Å². The first kappa shape index (κ1) is 14.6. The van der Waals surface area contributed by atoms with Crippen molar-refractivity contribution in [3.05, 3.63) is 30.3 Å². The van der Waals surface area contributed by atoms with Crippen LogP contribution in [0.15, 0.2) is 30.3 Å². The van der Waals surface area contributed by atoms with Gasteiger partial charge in [-0.1, -0.05) is 38.5 Å². The third-order valence-electron chi connectivity index (χ3n) is 3.40. The van der Waals surface area contributed by atoms with Crippen molar-refractivity contribution in [3.8, 4) is 0 Å². The van der Waals surface area contributed by atoms with E-state index in [0.717, 1.165) is 24.9 Å². The SMILES string of the molecule is CCC[C@@H]1O[P@](=O)(Nc2ccccc2)OC[C@H]1CC. The van der Waals surface area contributed by atoms with Crippen LogP contribution in [0.2, 0.25) is 0 Å². The first-order valence-electron chi connectivity index (χ1n) is 6.93. The van der Waals surface area contributed by atoms with Gasteiger partial charge in [-0.3, -0.25) is 14.1 Å². The summed E-state index contributed by atoms with van der Waals surface area (Å²) < 4.78 is 23.8. The molecule has 19 heavy (non-hydrogen) atoms. The van der Waals surface area contributed by atoms with Crippen LogP contribution in [0.3, 0.4) is 0 Å². The van der Waals surface area contributed by atoms with E-state index < -0.39 is 7.75 Å². The zero-order valence-electron chi connectivity index (χ0n) is 11.5. The molecule has 0 spiro atoms. The maximum Gasteiger partial charge on any atom is 0.433 e. The van der Waals surface area contributed by atoms with Crippen molar-refractivity contribution in [1.29, 1.82) is 0 Å². The third-order valence-corrected chi connectivity index (χ3v) is 4.97. The Hall–Kier alpha value is -0.830. The molecule has 0 aromatic heterocycles. The summed E-state index contributed by atoms with van der Waals surface area (Å²) in [5, 5.41) is 2.90. The molecule has 3 atom stereocenters. The molecule has 1 aromatic carbocycles. The van der Waals surface area contributed by atoms with E-state index >= 15 is 0 Å². The fourth-order valence-corrected chi connectivity index (χ4v) is 3.94. The van der Waals surface area contributed by atoms with Crippen molar-refractivity contribution >= 4 is 13.4 Å². The van der Waals surface area contributed by atoms with E-state index in [1.807, 2.05) is 30.3 Å². The highest BCUT2D eigenvalue weighted by atomic mass is 31.2. The van der Waals surface area contributed by atoms with E-state index in [4.69, 9.17) is 9.05 Å². The third kappa shape index (κ3) is 3.82. The Bertz CT molecular complexity index is 438. The number of anilines is 1. The Labute approximate surface area is 115 Å². The van der Waals surface area contributed by atoms with Gasteiger partial charge in [-0.15, -0.1) is 0 Å². The van der Waals surface area contributed by atoms with Gasteiger partial charge in [0, 0.05) is 11.6 Å². The van der Waals surface area contributed by atoms with Crippen LogP contribution in [-0.2, 0) is 13.6 Å². The highest BCUT2D eigenvalue weighted by Gasteiger charge is 2.38. The van der Waals surface area contributed by atoms with E-state index in [2.05, 4.69) is 18.9 Å². The molecule has 1 aliphatic heterocycles. The topological polar surface area (TPSA) is 47.6 Å². The number of rotatable bonds is 5. The second kappa shape index (κ2) is 6.56. The molecule has 4 nitrogen and oxygen atoms in total. The Morgan fingerprint density at radius 2 is 2.05 bits per heavy atom. The monoisotopic (exact) mass is 283 g/mol. The summed E-state index contributed by atoms with van der Waals surface area (Å²) >= 11 is 0. The molecule has 1 saturated heterocycles. The molecule has 1 fully saturated rings. The fourth-order valence-electron chi connectivity index (χ4n) is 2.28. The van der Waals surface area contributed by atoms with E-state index in [-0.39, 0.29) is 6.10 Å². The molecule has 106 valence electrons. The van der Waals surface area contributed by atoms with Gasteiger partial charge in [0.2, 0.25) is 0 Å². The van der Waals surface area contributed by atoms with E-state index in [9.17, 15) is 4.57 Å². The van der Waals surface area contributed by atoms with Crippen LogP contribution < -0.4 is 5.09 Å². The van der Waals surface area contributed by atoms with Crippen molar-refractivity contribution in [2.75, 3.05) is 11.7 Å². The van der Waals surface area contributed by atoms with Crippen LogP contribution in [0.5, 0.6) is 0 Å². The molecule has 0 aliphatic carbocycles. The Morgan fingerprint density at radius 1 is 1.32 bits per heavy atom. The summed E-state index contributed by atoms with van der Waals surface area (Å²) in [6.45, 7) is 4.72. The minimum Gasteiger partial charge on any atom is -0.293 e. The maximum atomic E-state index is 12.6. The predicted octanol–water partition coefficient (Wildman–Crippen LogP) is 4.45. The standard InChI is InChI=1S/C14H22NO3P/c1-3-8-14-12(4-2)11-17-19(16,18-14)15-13-9-6-5-7-10-13/h5-7,9-10,12,14H,3-4,8,11H2,1-2H3,(H,15,16)/t12-,14+,19+/m1/s1. The molecular formula is C14H22NO3P.